The largest absolute Gasteiger partial charge is 0.306 e. The fraction of sp³-hybridized carbons (Fsp3) is 0.238. The van der Waals surface area contributed by atoms with Crippen molar-refractivity contribution in [1.29, 1.82) is 0 Å². The van der Waals surface area contributed by atoms with Crippen LogP contribution in [0.1, 0.15) is 26.5 Å². The molecule has 3 nitrogen and oxygen atoms in total. The summed E-state index contributed by atoms with van der Waals surface area (Å²) >= 11 is 1.33. The van der Waals surface area contributed by atoms with E-state index in [2.05, 4.69) is 4.98 Å². The molecule has 27 heavy (non-hydrogen) atoms. The van der Waals surface area contributed by atoms with E-state index < -0.39 is 5.41 Å². The molecule has 0 saturated carbocycles. The molecule has 1 heterocycles. The van der Waals surface area contributed by atoms with Crippen LogP contribution in [0.2, 0.25) is 0 Å². The van der Waals surface area contributed by atoms with Gasteiger partial charge in [-0.05, 0) is 36.4 Å². The summed E-state index contributed by atoms with van der Waals surface area (Å²) in [4.78, 5) is 19.0. The van der Waals surface area contributed by atoms with E-state index >= 15 is 0 Å². The quantitative estimate of drug-likeness (QED) is 0.579. The first-order chi connectivity index (χ1) is 12.8. The number of hydrogen-bond acceptors (Lipinski definition) is 3. The first-order valence-corrected chi connectivity index (χ1v) is 9.40. The van der Waals surface area contributed by atoms with Crippen LogP contribution < -0.4 is 4.90 Å². The standard InChI is InChI=1S/C21H20F2N2OS/c1-21(2,3)20(26)25(16-10-8-14(22)9-11-16)12-15-13-27-19(24-15)17-6-4-5-7-18(17)23/h4-11,13H,12H2,1-3H3. The third kappa shape index (κ3) is 4.39. The molecule has 0 aliphatic carbocycles. The molecule has 0 N–H and O–H groups in total. The van der Waals surface area contributed by atoms with Crippen molar-refractivity contribution in [3.05, 3.63) is 71.2 Å². The molecule has 0 aliphatic heterocycles. The van der Waals surface area contributed by atoms with Gasteiger partial charge in [0, 0.05) is 22.0 Å². The van der Waals surface area contributed by atoms with E-state index in [0.717, 1.165) is 0 Å². The number of halogens is 2. The summed E-state index contributed by atoms with van der Waals surface area (Å²) in [7, 11) is 0. The van der Waals surface area contributed by atoms with Crippen LogP contribution in [-0.4, -0.2) is 10.9 Å². The maximum Gasteiger partial charge on any atom is 0.232 e. The zero-order valence-electron chi connectivity index (χ0n) is 15.4. The summed E-state index contributed by atoms with van der Waals surface area (Å²) in [6.07, 6.45) is 0. The molecule has 1 aromatic heterocycles. The molecule has 0 atom stereocenters. The zero-order valence-corrected chi connectivity index (χ0v) is 16.2. The smallest absolute Gasteiger partial charge is 0.232 e. The molecule has 3 aromatic rings. The summed E-state index contributed by atoms with van der Waals surface area (Å²) in [5.41, 5.74) is 1.07. The average Bonchev–Trinajstić information content (AvgIpc) is 3.08. The highest BCUT2D eigenvalue weighted by Gasteiger charge is 2.29. The second-order valence-corrected chi connectivity index (χ2v) is 8.10. The predicted molar refractivity (Wildman–Crippen MR) is 105 cm³/mol. The van der Waals surface area contributed by atoms with Crippen molar-refractivity contribution >= 4 is 22.9 Å². The number of thiazole rings is 1. The third-order valence-corrected chi connectivity index (χ3v) is 4.93. The topological polar surface area (TPSA) is 33.2 Å². The molecule has 0 radical (unpaired) electrons. The molecule has 0 saturated heterocycles. The molecule has 140 valence electrons. The minimum absolute atomic E-state index is 0.102. The average molecular weight is 386 g/mol. The molecule has 0 fully saturated rings. The monoisotopic (exact) mass is 386 g/mol. The highest BCUT2D eigenvalue weighted by molar-refractivity contribution is 7.13. The molecule has 0 bridgehead atoms. The van der Waals surface area contributed by atoms with Gasteiger partial charge in [-0.3, -0.25) is 4.79 Å². The highest BCUT2D eigenvalue weighted by atomic mass is 32.1. The van der Waals surface area contributed by atoms with E-state index in [9.17, 15) is 13.6 Å². The molecule has 0 spiro atoms. The van der Waals surface area contributed by atoms with Crippen molar-refractivity contribution in [2.45, 2.75) is 27.3 Å². The number of aromatic nitrogens is 1. The van der Waals surface area contributed by atoms with Gasteiger partial charge in [0.15, 0.2) is 0 Å². The predicted octanol–water partition coefficient (Wildman–Crippen LogP) is 5.67. The lowest BCUT2D eigenvalue weighted by atomic mass is 9.94. The maximum atomic E-state index is 14.0. The van der Waals surface area contributed by atoms with E-state index in [1.165, 1.54) is 29.5 Å². The van der Waals surface area contributed by atoms with Gasteiger partial charge in [-0.2, -0.15) is 0 Å². The number of amides is 1. The Labute approximate surface area is 161 Å². The van der Waals surface area contributed by atoms with Gasteiger partial charge in [0.1, 0.15) is 16.6 Å². The van der Waals surface area contributed by atoms with E-state index in [0.29, 0.717) is 22.0 Å². The lowest BCUT2D eigenvalue weighted by Gasteiger charge is -2.29. The minimum Gasteiger partial charge on any atom is -0.306 e. The van der Waals surface area contributed by atoms with Crippen molar-refractivity contribution in [1.82, 2.24) is 4.98 Å². The van der Waals surface area contributed by atoms with Gasteiger partial charge in [0.25, 0.3) is 0 Å². The molecule has 0 unspecified atom stereocenters. The van der Waals surface area contributed by atoms with Crippen molar-refractivity contribution in [2.75, 3.05) is 4.90 Å². The van der Waals surface area contributed by atoms with E-state index in [4.69, 9.17) is 0 Å². The molecule has 3 rings (SSSR count). The Morgan fingerprint density at radius 3 is 2.37 bits per heavy atom. The first kappa shape index (κ1) is 19.2. The van der Waals surface area contributed by atoms with Crippen LogP contribution in [0.5, 0.6) is 0 Å². The Kier molecular flexibility index (Phi) is 5.37. The highest BCUT2D eigenvalue weighted by Crippen LogP contribution is 2.29. The Balaban J connectivity index is 1.92. The molecular weight excluding hydrogens is 366 g/mol. The van der Waals surface area contributed by atoms with Crippen molar-refractivity contribution < 1.29 is 13.6 Å². The van der Waals surface area contributed by atoms with E-state index in [-0.39, 0.29) is 24.1 Å². The number of carbonyl (C=O) groups excluding carboxylic acids is 1. The second kappa shape index (κ2) is 7.56. The van der Waals surface area contributed by atoms with Crippen LogP contribution in [0.4, 0.5) is 14.5 Å². The number of benzene rings is 2. The van der Waals surface area contributed by atoms with Gasteiger partial charge in [-0.15, -0.1) is 11.3 Å². The maximum absolute atomic E-state index is 14.0. The number of hydrogen-bond donors (Lipinski definition) is 0. The van der Waals surface area contributed by atoms with Crippen molar-refractivity contribution in [3.63, 3.8) is 0 Å². The third-order valence-electron chi connectivity index (χ3n) is 4.00. The molecule has 1 amide bonds. The summed E-state index contributed by atoms with van der Waals surface area (Å²) in [6.45, 7) is 5.72. The van der Waals surface area contributed by atoms with Gasteiger partial charge in [0.2, 0.25) is 5.91 Å². The Hall–Kier alpha value is -2.60. The Morgan fingerprint density at radius 2 is 1.74 bits per heavy atom. The summed E-state index contributed by atoms with van der Waals surface area (Å²) in [5, 5.41) is 2.37. The Morgan fingerprint density at radius 1 is 1.07 bits per heavy atom. The van der Waals surface area contributed by atoms with Crippen LogP contribution in [0.25, 0.3) is 10.6 Å². The zero-order chi connectivity index (χ0) is 19.6. The van der Waals surface area contributed by atoms with Crippen LogP contribution in [0.15, 0.2) is 53.9 Å². The van der Waals surface area contributed by atoms with Crippen LogP contribution >= 0.6 is 11.3 Å². The number of anilines is 1. The van der Waals surface area contributed by atoms with E-state index in [1.54, 1.807) is 35.2 Å². The molecular formula is C21H20F2N2OS. The fourth-order valence-corrected chi connectivity index (χ4v) is 3.44. The number of nitrogens with zero attached hydrogens (tertiary/aromatic N) is 2. The minimum atomic E-state index is -0.612. The Bertz CT molecular complexity index is 945. The van der Waals surface area contributed by atoms with Gasteiger partial charge in [0.05, 0.1) is 12.2 Å². The number of carbonyl (C=O) groups is 1. The van der Waals surface area contributed by atoms with Crippen molar-refractivity contribution in [2.24, 2.45) is 5.41 Å². The van der Waals surface area contributed by atoms with Crippen molar-refractivity contribution in [3.8, 4) is 10.6 Å². The SMILES string of the molecule is CC(C)(C)C(=O)N(Cc1csc(-c2ccccc2F)n1)c1ccc(F)cc1. The molecule has 0 aliphatic rings. The normalized spacial score (nSPS) is 11.4. The van der Waals surface area contributed by atoms with Gasteiger partial charge >= 0.3 is 0 Å². The summed E-state index contributed by atoms with van der Waals surface area (Å²) in [6, 6.07) is 12.2. The number of rotatable bonds is 4. The van der Waals surface area contributed by atoms with Crippen LogP contribution in [0, 0.1) is 17.0 Å². The molecule has 2 aromatic carbocycles. The van der Waals surface area contributed by atoms with Crippen LogP contribution in [0.3, 0.4) is 0 Å². The lowest BCUT2D eigenvalue weighted by Crippen LogP contribution is -2.39. The van der Waals surface area contributed by atoms with Crippen LogP contribution in [-0.2, 0) is 11.3 Å². The van der Waals surface area contributed by atoms with Gasteiger partial charge in [-0.1, -0.05) is 32.9 Å². The fourth-order valence-electron chi connectivity index (χ4n) is 2.61. The second-order valence-electron chi connectivity index (χ2n) is 7.24. The molecule has 6 heteroatoms. The summed E-state index contributed by atoms with van der Waals surface area (Å²) in [5.74, 6) is -0.800. The lowest BCUT2D eigenvalue weighted by molar-refractivity contribution is -0.125. The first-order valence-electron chi connectivity index (χ1n) is 8.52. The van der Waals surface area contributed by atoms with Gasteiger partial charge in [-0.25, -0.2) is 13.8 Å². The van der Waals surface area contributed by atoms with Gasteiger partial charge < -0.3 is 4.90 Å². The summed E-state index contributed by atoms with van der Waals surface area (Å²) < 4.78 is 27.3. The van der Waals surface area contributed by atoms with E-state index in [1.807, 2.05) is 26.2 Å².